The first-order valence-corrected chi connectivity index (χ1v) is 6.13. The van der Waals surface area contributed by atoms with Gasteiger partial charge in [0.25, 0.3) is 11.6 Å². The number of nitrogens with zero attached hydrogens (tertiary/aromatic N) is 2. The molecule has 0 fully saturated rings. The molecule has 0 aliphatic heterocycles. The van der Waals surface area contributed by atoms with Crippen molar-refractivity contribution in [1.82, 2.24) is 15.6 Å². The third kappa shape index (κ3) is 3.89. The summed E-state index contributed by atoms with van der Waals surface area (Å²) >= 11 is 5.72. The molecule has 1 unspecified atom stereocenters. The predicted octanol–water partition coefficient (Wildman–Crippen LogP) is 0.898. The van der Waals surface area contributed by atoms with Gasteiger partial charge in [0, 0.05) is 12.6 Å². The zero-order valence-corrected chi connectivity index (χ0v) is 11.6. The van der Waals surface area contributed by atoms with Gasteiger partial charge in [0.1, 0.15) is 17.4 Å². The zero-order chi connectivity index (χ0) is 15.3. The van der Waals surface area contributed by atoms with Crippen molar-refractivity contribution >= 4 is 29.1 Å². The molecule has 1 aromatic rings. The minimum Gasteiger partial charge on any atom is -0.355 e. The molecule has 1 heterocycles. The van der Waals surface area contributed by atoms with Crippen molar-refractivity contribution in [2.45, 2.75) is 19.9 Å². The first-order chi connectivity index (χ1) is 9.36. The van der Waals surface area contributed by atoms with Crippen LogP contribution in [-0.4, -0.2) is 34.3 Å². The van der Waals surface area contributed by atoms with E-state index in [1.54, 1.807) is 6.92 Å². The third-order valence-corrected chi connectivity index (χ3v) is 2.67. The number of hydrogen-bond acceptors (Lipinski definition) is 5. The second-order valence-corrected chi connectivity index (χ2v) is 4.24. The van der Waals surface area contributed by atoms with Crippen molar-refractivity contribution in [3.63, 3.8) is 0 Å². The first-order valence-electron chi connectivity index (χ1n) is 5.75. The average molecular weight is 301 g/mol. The van der Waals surface area contributed by atoms with Crippen LogP contribution in [0.1, 0.15) is 24.2 Å². The molecular weight excluding hydrogens is 288 g/mol. The molecular formula is C11H13ClN4O4. The number of aromatic nitrogens is 1. The van der Waals surface area contributed by atoms with Gasteiger partial charge in [-0.05, 0) is 13.8 Å². The maximum absolute atomic E-state index is 11.9. The molecule has 0 saturated heterocycles. The fourth-order valence-electron chi connectivity index (χ4n) is 1.36. The Balaban J connectivity index is 2.89. The fraction of sp³-hybridized carbons (Fsp3) is 0.364. The van der Waals surface area contributed by atoms with Gasteiger partial charge in [-0.3, -0.25) is 19.7 Å². The predicted molar refractivity (Wildman–Crippen MR) is 71.5 cm³/mol. The lowest BCUT2D eigenvalue weighted by atomic mass is 10.2. The maximum Gasteiger partial charge on any atom is 0.288 e. The fourth-order valence-corrected chi connectivity index (χ4v) is 1.55. The summed E-state index contributed by atoms with van der Waals surface area (Å²) in [6.07, 6.45) is 0.951. The maximum atomic E-state index is 11.9. The van der Waals surface area contributed by atoms with Crippen LogP contribution in [0.3, 0.4) is 0 Å². The van der Waals surface area contributed by atoms with Gasteiger partial charge in [0.2, 0.25) is 5.91 Å². The number of nitrogens with one attached hydrogen (secondary N) is 2. The average Bonchev–Trinajstić information content (AvgIpc) is 2.38. The van der Waals surface area contributed by atoms with Gasteiger partial charge in [-0.15, -0.1) is 0 Å². The summed E-state index contributed by atoms with van der Waals surface area (Å²) in [5.74, 6) is -1.07. The highest BCUT2D eigenvalue weighted by Crippen LogP contribution is 2.19. The summed E-state index contributed by atoms with van der Waals surface area (Å²) in [7, 11) is 0. The molecule has 2 amide bonds. The van der Waals surface area contributed by atoms with Gasteiger partial charge in [-0.2, -0.15) is 0 Å². The summed E-state index contributed by atoms with van der Waals surface area (Å²) in [5.41, 5.74) is -0.512. The zero-order valence-electron chi connectivity index (χ0n) is 10.8. The normalized spacial score (nSPS) is 11.6. The molecule has 20 heavy (non-hydrogen) atoms. The Kier molecular flexibility index (Phi) is 5.39. The van der Waals surface area contributed by atoms with E-state index in [4.69, 9.17) is 11.6 Å². The standard InChI is InChI=1S/C11H13ClN4O4/c1-3-13-10(17)6(2)15-11(18)8-4-7(16(19)20)5-14-9(8)12/h4-6H,3H2,1-2H3,(H,13,17)(H,15,18). The van der Waals surface area contributed by atoms with E-state index < -0.39 is 16.9 Å². The summed E-state index contributed by atoms with van der Waals surface area (Å²) < 4.78 is 0. The minimum atomic E-state index is -0.794. The number of hydrogen-bond donors (Lipinski definition) is 2. The molecule has 0 bridgehead atoms. The van der Waals surface area contributed by atoms with E-state index in [-0.39, 0.29) is 22.3 Å². The van der Waals surface area contributed by atoms with Crippen molar-refractivity contribution in [2.24, 2.45) is 0 Å². The van der Waals surface area contributed by atoms with Gasteiger partial charge in [-0.25, -0.2) is 4.98 Å². The Morgan fingerprint density at radius 1 is 1.55 bits per heavy atom. The van der Waals surface area contributed by atoms with Crippen molar-refractivity contribution in [3.8, 4) is 0 Å². The van der Waals surface area contributed by atoms with Crippen molar-refractivity contribution in [3.05, 3.63) is 33.1 Å². The number of likely N-dealkylation sites (N-methyl/N-ethyl adjacent to an activating group) is 1. The van der Waals surface area contributed by atoms with Crippen LogP contribution in [0.25, 0.3) is 0 Å². The van der Waals surface area contributed by atoms with Crippen LogP contribution in [-0.2, 0) is 4.79 Å². The molecule has 0 aromatic carbocycles. The number of pyridine rings is 1. The highest BCUT2D eigenvalue weighted by molar-refractivity contribution is 6.32. The van der Waals surface area contributed by atoms with E-state index in [2.05, 4.69) is 15.6 Å². The Bertz CT molecular complexity index is 549. The van der Waals surface area contributed by atoms with Gasteiger partial charge >= 0.3 is 0 Å². The van der Waals surface area contributed by atoms with Gasteiger partial charge in [0.05, 0.1) is 10.5 Å². The molecule has 2 N–H and O–H groups in total. The lowest BCUT2D eigenvalue weighted by Gasteiger charge is -2.13. The number of carbonyl (C=O) groups is 2. The Hall–Kier alpha value is -2.22. The lowest BCUT2D eigenvalue weighted by Crippen LogP contribution is -2.44. The molecule has 108 valence electrons. The summed E-state index contributed by atoms with van der Waals surface area (Å²) in [6.45, 7) is 3.66. The molecule has 0 radical (unpaired) electrons. The van der Waals surface area contributed by atoms with E-state index in [0.717, 1.165) is 12.3 Å². The van der Waals surface area contributed by atoms with E-state index >= 15 is 0 Å². The summed E-state index contributed by atoms with van der Waals surface area (Å²) in [6, 6.07) is 0.215. The smallest absolute Gasteiger partial charge is 0.288 e. The second-order valence-electron chi connectivity index (χ2n) is 3.88. The van der Waals surface area contributed by atoms with Crippen molar-refractivity contribution in [2.75, 3.05) is 6.54 Å². The molecule has 0 aliphatic rings. The first kappa shape index (κ1) is 15.8. The monoisotopic (exact) mass is 300 g/mol. The SMILES string of the molecule is CCNC(=O)C(C)NC(=O)c1cc([N+](=O)[O-])cnc1Cl. The topological polar surface area (TPSA) is 114 Å². The Morgan fingerprint density at radius 2 is 2.20 bits per heavy atom. The number of nitro groups is 1. The van der Waals surface area contributed by atoms with E-state index in [1.165, 1.54) is 6.92 Å². The largest absolute Gasteiger partial charge is 0.355 e. The number of rotatable bonds is 5. The lowest BCUT2D eigenvalue weighted by molar-refractivity contribution is -0.385. The molecule has 1 rings (SSSR count). The van der Waals surface area contributed by atoms with Gasteiger partial charge in [-0.1, -0.05) is 11.6 Å². The van der Waals surface area contributed by atoms with Crippen molar-refractivity contribution in [1.29, 1.82) is 0 Å². The number of halogens is 1. The summed E-state index contributed by atoms with van der Waals surface area (Å²) in [5, 5.41) is 15.4. The molecule has 9 heteroatoms. The Morgan fingerprint density at radius 3 is 2.75 bits per heavy atom. The van der Waals surface area contributed by atoms with E-state index in [9.17, 15) is 19.7 Å². The molecule has 0 saturated carbocycles. The molecule has 0 spiro atoms. The van der Waals surface area contributed by atoms with Crippen LogP contribution < -0.4 is 10.6 Å². The summed E-state index contributed by atoms with van der Waals surface area (Å²) in [4.78, 5) is 36.9. The quantitative estimate of drug-likeness (QED) is 0.476. The van der Waals surface area contributed by atoms with Crippen LogP contribution in [0.4, 0.5) is 5.69 Å². The van der Waals surface area contributed by atoms with Crippen LogP contribution >= 0.6 is 11.6 Å². The Labute approximate surface area is 119 Å². The molecule has 8 nitrogen and oxygen atoms in total. The van der Waals surface area contributed by atoms with Crippen molar-refractivity contribution < 1.29 is 14.5 Å². The van der Waals surface area contributed by atoms with Gasteiger partial charge in [0.15, 0.2) is 0 Å². The second kappa shape index (κ2) is 6.80. The van der Waals surface area contributed by atoms with Crippen LogP contribution in [0.5, 0.6) is 0 Å². The third-order valence-electron chi connectivity index (χ3n) is 2.37. The molecule has 0 aliphatic carbocycles. The highest BCUT2D eigenvalue weighted by atomic mass is 35.5. The number of carbonyl (C=O) groups excluding carboxylic acids is 2. The van der Waals surface area contributed by atoms with E-state index in [1.807, 2.05) is 0 Å². The molecule has 1 atom stereocenters. The highest BCUT2D eigenvalue weighted by Gasteiger charge is 2.20. The van der Waals surface area contributed by atoms with Gasteiger partial charge < -0.3 is 10.6 Å². The minimum absolute atomic E-state index is 0.156. The van der Waals surface area contributed by atoms with Crippen LogP contribution in [0.15, 0.2) is 12.3 Å². The molecule has 1 aromatic heterocycles. The van der Waals surface area contributed by atoms with E-state index in [0.29, 0.717) is 6.54 Å². The van der Waals surface area contributed by atoms with Crippen LogP contribution in [0, 0.1) is 10.1 Å². The number of amides is 2. The van der Waals surface area contributed by atoms with Crippen LogP contribution in [0.2, 0.25) is 5.15 Å².